The summed E-state index contributed by atoms with van der Waals surface area (Å²) in [4.78, 5) is 4.30. The lowest BCUT2D eigenvalue weighted by atomic mass is 9.99. The average molecular weight is 282 g/mol. The number of rotatable bonds is 2. The first-order valence-corrected chi connectivity index (χ1v) is 6.13. The molecule has 0 radical (unpaired) electrons. The molecule has 0 saturated carbocycles. The van der Waals surface area contributed by atoms with Crippen LogP contribution < -0.4 is 10.5 Å². The first kappa shape index (κ1) is 13.8. The second kappa shape index (κ2) is 5.59. The van der Waals surface area contributed by atoms with Gasteiger partial charge in [0.25, 0.3) is 0 Å². The van der Waals surface area contributed by atoms with E-state index < -0.39 is 0 Å². The third kappa shape index (κ3) is 2.57. The van der Waals surface area contributed by atoms with Gasteiger partial charge < -0.3 is 15.0 Å². The SMILES string of the molecule is CCc1nc(-c2ccc3c(c2)OCCC3N)no1.Cl. The van der Waals surface area contributed by atoms with E-state index in [-0.39, 0.29) is 18.4 Å². The van der Waals surface area contributed by atoms with Crippen LogP contribution in [0, 0.1) is 0 Å². The Morgan fingerprint density at radius 3 is 3.00 bits per heavy atom. The summed E-state index contributed by atoms with van der Waals surface area (Å²) in [5, 5.41) is 3.95. The largest absolute Gasteiger partial charge is 0.493 e. The monoisotopic (exact) mass is 281 g/mol. The Kier molecular flexibility index (Phi) is 4.07. The summed E-state index contributed by atoms with van der Waals surface area (Å²) in [6.45, 7) is 2.64. The lowest BCUT2D eigenvalue weighted by Gasteiger charge is -2.23. The van der Waals surface area contributed by atoms with Crippen LogP contribution in [0.4, 0.5) is 0 Å². The van der Waals surface area contributed by atoms with Crippen LogP contribution in [0.2, 0.25) is 0 Å². The van der Waals surface area contributed by atoms with Crippen LogP contribution in [-0.4, -0.2) is 16.7 Å². The van der Waals surface area contributed by atoms with Crippen LogP contribution in [0.3, 0.4) is 0 Å². The molecule has 19 heavy (non-hydrogen) atoms. The van der Waals surface area contributed by atoms with Crippen molar-refractivity contribution in [1.29, 1.82) is 0 Å². The number of nitrogens with zero attached hydrogens (tertiary/aromatic N) is 2. The molecule has 1 unspecified atom stereocenters. The van der Waals surface area contributed by atoms with E-state index in [9.17, 15) is 0 Å². The van der Waals surface area contributed by atoms with Crippen LogP contribution in [0.5, 0.6) is 5.75 Å². The number of ether oxygens (including phenoxy) is 1. The molecule has 0 fully saturated rings. The molecule has 3 rings (SSSR count). The summed E-state index contributed by atoms with van der Waals surface area (Å²) in [5.74, 6) is 2.06. The average Bonchev–Trinajstić information content (AvgIpc) is 2.87. The van der Waals surface area contributed by atoms with Crippen LogP contribution in [0.1, 0.15) is 30.8 Å². The van der Waals surface area contributed by atoms with Gasteiger partial charge >= 0.3 is 0 Å². The number of nitrogens with two attached hydrogens (primary N) is 1. The fraction of sp³-hybridized carbons (Fsp3) is 0.385. The van der Waals surface area contributed by atoms with E-state index in [4.69, 9.17) is 15.0 Å². The number of halogens is 1. The molecule has 2 aromatic rings. The molecule has 2 heterocycles. The predicted octanol–water partition coefficient (Wildman–Crippen LogP) is 2.50. The van der Waals surface area contributed by atoms with Crippen molar-refractivity contribution in [3.8, 4) is 17.1 Å². The van der Waals surface area contributed by atoms with Crippen molar-refractivity contribution >= 4 is 12.4 Å². The predicted molar refractivity (Wildman–Crippen MR) is 73.4 cm³/mol. The van der Waals surface area contributed by atoms with E-state index >= 15 is 0 Å². The fourth-order valence-corrected chi connectivity index (χ4v) is 2.07. The number of aromatic nitrogens is 2. The van der Waals surface area contributed by atoms with Crippen molar-refractivity contribution in [2.75, 3.05) is 6.61 Å². The summed E-state index contributed by atoms with van der Waals surface area (Å²) in [7, 11) is 0. The molecular weight excluding hydrogens is 266 g/mol. The lowest BCUT2D eigenvalue weighted by Crippen LogP contribution is -2.20. The van der Waals surface area contributed by atoms with E-state index in [1.807, 2.05) is 25.1 Å². The summed E-state index contributed by atoms with van der Waals surface area (Å²) in [6, 6.07) is 5.92. The van der Waals surface area contributed by atoms with Gasteiger partial charge in [-0.15, -0.1) is 12.4 Å². The first-order chi connectivity index (χ1) is 8.78. The van der Waals surface area contributed by atoms with Crippen molar-refractivity contribution < 1.29 is 9.26 Å². The van der Waals surface area contributed by atoms with Gasteiger partial charge in [-0.2, -0.15) is 4.98 Å². The summed E-state index contributed by atoms with van der Waals surface area (Å²) in [6.07, 6.45) is 1.59. The van der Waals surface area contributed by atoms with Gasteiger partial charge in [0.05, 0.1) is 6.61 Å². The smallest absolute Gasteiger partial charge is 0.226 e. The minimum atomic E-state index is 0. The Labute approximate surface area is 117 Å². The van der Waals surface area contributed by atoms with Crippen LogP contribution >= 0.6 is 12.4 Å². The second-order valence-corrected chi connectivity index (χ2v) is 4.36. The van der Waals surface area contributed by atoms with Gasteiger partial charge in [0, 0.05) is 30.0 Å². The van der Waals surface area contributed by atoms with Crippen LogP contribution in [0.15, 0.2) is 22.7 Å². The number of hydrogen-bond acceptors (Lipinski definition) is 5. The van der Waals surface area contributed by atoms with Crippen molar-refractivity contribution in [3.63, 3.8) is 0 Å². The molecule has 1 aromatic carbocycles. The van der Waals surface area contributed by atoms with Crippen molar-refractivity contribution in [1.82, 2.24) is 10.1 Å². The van der Waals surface area contributed by atoms with Crippen molar-refractivity contribution in [2.24, 2.45) is 5.73 Å². The quantitative estimate of drug-likeness (QED) is 0.915. The highest BCUT2D eigenvalue weighted by Crippen LogP contribution is 2.33. The molecule has 2 N–H and O–H groups in total. The highest BCUT2D eigenvalue weighted by atomic mass is 35.5. The summed E-state index contributed by atoms with van der Waals surface area (Å²) >= 11 is 0. The number of aryl methyl sites for hydroxylation is 1. The molecule has 0 bridgehead atoms. The lowest BCUT2D eigenvalue weighted by molar-refractivity contribution is 0.269. The fourth-order valence-electron chi connectivity index (χ4n) is 2.07. The Balaban J connectivity index is 0.00000133. The van der Waals surface area contributed by atoms with Gasteiger partial charge in [-0.3, -0.25) is 0 Å². The van der Waals surface area contributed by atoms with E-state index in [0.29, 0.717) is 18.3 Å². The van der Waals surface area contributed by atoms with Gasteiger partial charge in [-0.25, -0.2) is 0 Å². The van der Waals surface area contributed by atoms with Crippen LogP contribution in [-0.2, 0) is 6.42 Å². The zero-order valence-electron chi connectivity index (χ0n) is 10.6. The molecule has 1 aliphatic heterocycles. The minimum absolute atomic E-state index is 0. The maximum atomic E-state index is 6.03. The molecule has 102 valence electrons. The first-order valence-electron chi connectivity index (χ1n) is 6.13. The minimum Gasteiger partial charge on any atom is -0.493 e. The Bertz CT molecular complexity index is 571. The zero-order chi connectivity index (χ0) is 12.5. The Morgan fingerprint density at radius 1 is 1.42 bits per heavy atom. The van der Waals surface area contributed by atoms with E-state index in [1.165, 1.54) is 0 Å². The maximum Gasteiger partial charge on any atom is 0.226 e. The standard InChI is InChI=1S/C13H15N3O2.ClH/c1-2-12-15-13(16-18-12)8-3-4-9-10(14)5-6-17-11(9)7-8;/h3-4,7,10H,2,5-6,14H2,1H3;1H. The topological polar surface area (TPSA) is 74.2 Å². The molecule has 1 aromatic heterocycles. The summed E-state index contributed by atoms with van der Waals surface area (Å²) < 4.78 is 10.7. The van der Waals surface area contributed by atoms with Gasteiger partial charge in [0.2, 0.25) is 11.7 Å². The maximum absolute atomic E-state index is 6.03. The van der Waals surface area contributed by atoms with E-state index in [2.05, 4.69) is 10.1 Å². The number of fused-ring (bicyclic) bond motifs is 1. The highest BCUT2D eigenvalue weighted by molar-refractivity contribution is 5.85. The molecule has 5 nitrogen and oxygen atoms in total. The molecule has 1 atom stereocenters. The van der Waals surface area contributed by atoms with Crippen molar-refractivity contribution in [3.05, 3.63) is 29.7 Å². The zero-order valence-corrected chi connectivity index (χ0v) is 11.4. The van der Waals surface area contributed by atoms with Crippen molar-refractivity contribution in [2.45, 2.75) is 25.8 Å². The second-order valence-electron chi connectivity index (χ2n) is 4.36. The van der Waals surface area contributed by atoms with Gasteiger partial charge in [0.1, 0.15) is 5.75 Å². The molecule has 0 saturated heterocycles. The molecule has 6 heteroatoms. The highest BCUT2D eigenvalue weighted by Gasteiger charge is 2.19. The van der Waals surface area contributed by atoms with Gasteiger partial charge in [-0.1, -0.05) is 24.2 Å². The van der Waals surface area contributed by atoms with E-state index in [0.717, 1.165) is 29.7 Å². The third-order valence-corrected chi connectivity index (χ3v) is 3.13. The normalized spacial score (nSPS) is 17.3. The molecule has 0 spiro atoms. The molecule has 0 aliphatic carbocycles. The molecular formula is C13H16ClN3O2. The van der Waals surface area contributed by atoms with Gasteiger partial charge in [0.15, 0.2) is 0 Å². The molecule has 1 aliphatic rings. The third-order valence-electron chi connectivity index (χ3n) is 3.13. The number of hydrogen-bond donors (Lipinski definition) is 1. The number of benzene rings is 1. The van der Waals surface area contributed by atoms with E-state index in [1.54, 1.807) is 0 Å². The Morgan fingerprint density at radius 2 is 2.26 bits per heavy atom. The summed E-state index contributed by atoms with van der Waals surface area (Å²) in [5.41, 5.74) is 7.97. The van der Waals surface area contributed by atoms with Gasteiger partial charge in [-0.05, 0) is 6.07 Å². The Hall–Kier alpha value is -1.59. The molecule has 0 amide bonds. The van der Waals surface area contributed by atoms with Crippen LogP contribution in [0.25, 0.3) is 11.4 Å².